The van der Waals surface area contributed by atoms with Gasteiger partial charge in [-0.15, -0.1) is 12.4 Å². The van der Waals surface area contributed by atoms with Crippen molar-refractivity contribution in [3.8, 4) is 0 Å². The number of aromatic nitrogens is 1. The molecule has 1 aliphatic carbocycles. The first kappa shape index (κ1) is 19.2. The Kier molecular flexibility index (Phi) is 7.50. The Morgan fingerprint density at radius 2 is 2.17 bits per heavy atom. The van der Waals surface area contributed by atoms with Gasteiger partial charge in [-0.25, -0.2) is 0 Å². The van der Waals surface area contributed by atoms with Crippen LogP contribution in [-0.4, -0.2) is 35.4 Å². The fourth-order valence-corrected chi connectivity index (χ4v) is 4.14. The zero-order chi connectivity index (χ0) is 16.1. The Morgan fingerprint density at radius 1 is 1.38 bits per heavy atom. The lowest BCUT2D eigenvalue weighted by Crippen LogP contribution is -2.49. The molecule has 24 heavy (non-hydrogen) atoms. The van der Waals surface area contributed by atoms with Crippen molar-refractivity contribution < 1.29 is 4.79 Å². The molecule has 2 fully saturated rings. The number of nitrogens with one attached hydrogen (secondary N) is 1. The molecule has 0 spiro atoms. The fraction of sp³-hybridized carbons (Fsp3) is 0.684. The van der Waals surface area contributed by atoms with Crippen LogP contribution in [0.2, 0.25) is 0 Å². The van der Waals surface area contributed by atoms with Gasteiger partial charge >= 0.3 is 0 Å². The molecule has 1 aromatic heterocycles. The molecule has 2 heterocycles. The van der Waals surface area contributed by atoms with E-state index in [4.69, 9.17) is 0 Å². The molecular weight excluding hydrogens is 322 g/mol. The number of carbonyl (C=O) groups is 1. The molecule has 0 radical (unpaired) electrons. The van der Waals surface area contributed by atoms with Crippen LogP contribution in [0.4, 0.5) is 0 Å². The minimum absolute atomic E-state index is 0. The van der Waals surface area contributed by atoms with Crippen LogP contribution in [0.25, 0.3) is 0 Å². The van der Waals surface area contributed by atoms with Crippen molar-refractivity contribution in [1.82, 2.24) is 15.2 Å². The summed E-state index contributed by atoms with van der Waals surface area (Å²) >= 11 is 0. The van der Waals surface area contributed by atoms with Crippen LogP contribution in [0.5, 0.6) is 0 Å². The molecular formula is C19H30ClN3O. The summed E-state index contributed by atoms with van der Waals surface area (Å²) in [5, 5.41) is 3.41. The summed E-state index contributed by atoms with van der Waals surface area (Å²) in [7, 11) is 0. The molecule has 4 nitrogen and oxygen atoms in total. The van der Waals surface area contributed by atoms with Gasteiger partial charge in [0.2, 0.25) is 5.91 Å². The first-order chi connectivity index (χ1) is 11.3. The lowest BCUT2D eigenvalue weighted by Gasteiger charge is -2.38. The van der Waals surface area contributed by atoms with Crippen molar-refractivity contribution in [2.24, 2.45) is 11.8 Å². The Morgan fingerprint density at radius 3 is 2.88 bits per heavy atom. The van der Waals surface area contributed by atoms with Gasteiger partial charge in [0.1, 0.15) is 0 Å². The van der Waals surface area contributed by atoms with Crippen LogP contribution >= 0.6 is 12.4 Å². The predicted octanol–water partition coefficient (Wildman–Crippen LogP) is 3.58. The lowest BCUT2D eigenvalue weighted by molar-refractivity contribution is -0.136. The summed E-state index contributed by atoms with van der Waals surface area (Å²) in [5.74, 6) is 1.57. The van der Waals surface area contributed by atoms with Crippen LogP contribution < -0.4 is 5.32 Å². The number of nitrogens with zero attached hydrogens (tertiary/aromatic N) is 2. The van der Waals surface area contributed by atoms with E-state index in [1.807, 2.05) is 12.3 Å². The number of hydrogen-bond donors (Lipinski definition) is 1. The molecule has 1 aliphatic heterocycles. The van der Waals surface area contributed by atoms with E-state index in [0.717, 1.165) is 31.1 Å². The molecule has 1 saturated heterocycles. The lowest BCUT2D eigenvalue weighted by atomic mass is 9.79. The van der Waals surface area contributed by atoms with Crippen molar-refractivity contribution in [2.45, 2.75) is 51.5 Å². The maximum atomic E-state index is 12.9. The molecule has 0 aromatic carbocycles. The minimum Gasteiger partial charge on any atom is -0.333 e. The van der Waals surface area contributed by atoms with E-state index < -0.39 is 0 Å². The Labute approximate surface area is 151 Å². The summed E-state index contributed by atoms with van der Waals surface area (Å²) < 4.78 is 0. The summed E-state index contributed by atoms with van der Waals surface area (Å²) in [6.45, 7) is 4.79. The smallest absolute Gasteiger partial charge is 0.223 e. The summed E-state index contributed by atoms with van der Waals surface area (Å²) in [4.78, 5) is 19.2. The number of hydrogen-bond acceptors (Lipinski definition) is 3. The zero-order valence-electron chi connectivity index (χ0n) is 14.6. The number of carbonyl (C=O) groups excluding carboxylic acids is 1. The summed E-state index contributed by atoms with van der Waals surface area (Å²) in [6, 6.07) is 4.16. The van der Waals surface area contributed by atoms with Gasteiger partial charge in [-0.2, -0.15) is 0 Å². The Balaban J connectivity index is 0.00000208. The third-order valence-corrected chi connectivity index (χ3v) is 5.58. The van der Waals surface area contributed by atoms with E-state index in [1.165, 1.54) is 32.1 Å². The molecule has 3 rings (SSSR count). The van der Waals surface area contributed by atoms with E-state index in [-0.39, 0.29) is 18.4 Å². The molecule has 2 unspecified atom stereocenters. The second-order valence-corrected chi connectivity index (χ2v) is 7.17. The average molecular weight is 352 g/mol. The maximum Gasteiger partial charge on any atom is 0.223 e. The van der Waals surface area contributed by atoms with E-state index in [2.05, 4.69) is 28.2 Å². The highest BCUT2D eigenvalue weighted by atomic mass is 35.5. The highest BCUT2D eigenvalue weighted by molar-refractivity contribution is 5.85. The molecule has 1 N–H and O–H groups in total. The van der Waals surface area contributed by atoms with Crippen molar-refractivity contribution in [1.29, 1.82) is 0 Å². The first-order valence-corrected chi connectivity index (χ1v) is 9.16. The normalized spacial score (nSPS) is 23.4. The van der Waals surface area contributed by atoms with Gasteiger partial charge in [-0.05, 0) is 23.5 Å². The maximum absolute atomic E-state index is 12.9. The van der Waals surface area contributed by atoms with Crippen LogP contribution in [0.1, 0.15) is 57.1 Å². The molecule has 2 aliphatic rings. The Hall–Kier alpha value is -1.13. The molecule has 5 heteroatoms. The van der Waals surface area contributed by atoms with Gasteiger partial charge in [0.05, 0.1) is 6.04 Å². The van der Waals surface area contributed by atoms with Gasteiger partial charge in [-0.3, -0.25) is 9.78 Å². The molecule has 134 valence electrons. The molecule has 1 saturated carbocycles. The third-order valence-electron chi connectivity index (χ3n) is 5.58. The SMILES string of the molecule is CC(CC(=O)N1CCNCC1c1cccnc1)C1CCCCC1.Cl. The molecule has 0 bridgehead atoms. The highest BCUT2D eigenvalue weighted by Gasteiger charge is 2.30. The van der Waals surface area contributed by atoms with Gasteiger partial charge in [0.15, 0.2) is 0 Å². The van der Waals surface area contributed by atoms with E-state index in [0.29, 0.717) is 18.2 Å². The van der Waals surface area contributed by atoms with Crippen LogP contribution in [0, 0.1) is 11.8 Å². The van der Waals surface area contributed by atoms with Crippen LogP contribution in [0.3, 0.4) is 0 Å². The van der Waals surface area contributed by atoms with E-state index in [1.54, 1.807) is 6.20 Å². The highest BCUT2D eigenvalue weighted by Crippen LogP contribution is 2.32. The van der Waals surface area contributed by atoms with Crippen molar-refractivity contribution >= 4 is 18.3 Å². The van der Waals surface area contributed by atoms with Crippen molar-refractivity contribution in [3.05, 3.63) is 30.1 Å². The number of amides is 1. The van der Waals surface area contributed by atoms with Crippen molar-refractivity contribution in [2.75, 3.05) is 19.6 Å². The minimum atomic E-state index is 0. The second kappa shape index (κ2) is 9.38. The van der Waals surface area contributed by atoms with Gasteiger partial charge < -0.3 is 10.2 Å². The quantitative estimate of drug-likeness (QED) is 0.901. The average Bonchev–Trinajstić information content (AvgIpc) is 2.63. The molecule has 1 amide bonds. The van der Waals surface area contributed by atoms with Gasteiger partial charge in [-0.1, -0.05) is 45.1 Å². The zero-order valence-corrected chi connectivity index (χ0v) is 15.4. The monoisotopic (exact) mass is 351 g/mol. The van der Waals surface area contributed by atoms with Crippen LogP contribution in [0.15, 0.2) is 24.5 Å². The number of rotatable bonds is 4. The predicted molar refractivity (Wildman–Crippen MR) is 99.2 cm³/mol. The fourth-order valence-electron chi connectivity index (χ4n) is 4.14. The summed E-state index contributed by atoms with van der Waals surface area (Å²) in [6.07, 6.45) is 11.0. The largest absolute Gasteiger partial charge is 0.333 e. The molecule has 1 aromatic rings. The first-order valence-electron chi connectivity index (χ1n) is 9.16. The number of piperazine rings is 1. The van der Waals surface area contributed by atoms with Gasteiger partial charge in [0.25, 0.3) is 0 Å². The second-order valence-electron chi connectivity index (χ2n) is 7.17. The van der Waals surface area contributed by atoms with Crippen molar-refractivity contribution in [3.63, 3.8) is 0 Å². The topological polar surface area (TPSA) is 45.2 Å². The number of pyridine rings is 1. The van der Waals surface area contributed by atoms with E-state index in [9.17, 15) is 4.79 Å². The number of halogens is 1. The van der Waals surface area contributed by atoms with Gasteiger partial charge in [0, 0.05) is 38.4 Å². The summed E-state index contributed by atoms with van der Waals surface area (Å²) in [5.41, 5.74) is 1.14. The van der Waals surface area contributed by atoms with E-state index >= 15 is 0 Å². The molecule has 2 atom stereocenters. The standard InChI is InChI=1S/C19H29N3O.ClH/c1-15(16-6-3-2-4-7-16)12-19(23)22-11-10-21-14-18(22)17-8-5-9-20-13-17;/h5,8-9,13,15-16,18,21H,2-4,6-7,10-12,14H2,1H3;1H. The Bertz CT molecular complexity index is 505. The van der Waals surface area contributed by atoms with Crippen LogP contribution in [-0.2, 0) is 4.79 Å². The third kappa shape index (κ3) is 4.70.